The number of esters is 1. The Labute approximate surface area is 152 Å². The normalized spacial score (nSPS) is 19.6. The molecule has 2 rings (SSSR count). The first-order chi connectivity index (χ1) is 12.1. The lowest BCUT2D eigenvalue weighted by molar-refractivity contribution is -0.158. The van der Waals surface area contributed by atoms with Crippen molar-refractivity contribution >= 4 is 21.7 Å². The third-order valence-electron chi connectivity index (χ3n) is 4.32. The predicted octanol–water partition coefficient (Wildman–Crippen LogP) is 0.954. The summed E-state index contributed by atoms with van der Waals surface area (Å²) in [6.45, 7) is 1.43. The smallest absolute Gasteiger partial charge is 0.311 e. The summed E-state index contributed by atoms with van der Waals surface area (Å²) in [6, 6.07) is 3.69. The molecule has 0 unspecified atom stereocenters. The van der Waals surface area contributed by atoms with Gasteiger partial charge in [-0.05, 0) is 31.0 Å². The SMILES string of the molecule is COc1ccc(CC(=O)O[C@@H](C)C(=O)N(C)[C@H]2CCS(=O)(=O)C2)cc1F. The predicted molar refractivity (Wildman–Crippen MR) is 92.0 cm³/mol. The fourth-order valence-electron chi connectivity index (χ4n) is 2.82. The number of carbonyl (C=O) groups excluding carboxylic acids is 2. The Balaban J connectivity index is 1.91. The van der Waals surface area contributed by atoms with Crippen molar-refractivity contribution in [1.82, 2.24) is 4.90 Å². The van der Waals surface area contributed by atoms with E-state index in [2.05, 4.69) is 0 Å². The van der Waals surface area contributed by atoms with Crippen LogP contribution in [0.3, 0.4) is 0 Å². The summed E-state index contributed by atoms with van der Waals surface area (Å²) in [5.74, 6) is -1.71. The highest BCUT2D eigenvalue weighted by molar-refractivity contribution is 7.91. The zero-order valence-electron chi connectivity index (χ0n) is 14.9. The molecule has 1 fully saturated rings. The lowest BCUT2D eigenvalue weighted by Crippen LogP contribution is -2.44. The minimum absolute atomic E-state index is 0.0481. The second kappa shape index (κ2) is 8.03. The van der Waals surface area contributed by atoms with Crippen LogP contribution >= 0.6 is 0 Å². The molecular formula is C17H22FNO6S. The van der Waals surface area contributed by atoms with Crippen molar-refractivity contribution in [2.75, 3.05) is 25.7 Å². The summed E-state index contributed by atoms with van der Waals surface area (Å²) in [4.78, 5) is 25.7. The highest BCUT2D eigenvalue weighted by atomic mass is 32.2. The van der Waals surface area contributed by atoms with Crippen LogP contribution in [0.4, 0.5) is 4.39 Å². The number of methoxy groups -OCH3 is 1. The van der Waals surface area contributed by atoms with Gasteiger partial charge in [0.2, 0.25) is 0 Å². The number of benzene rings is 1. The van der Waals surface area contributed by atoms with Crippen molar-refractivity contribution in [2.24, 2.45) is 0 Å². The molecule has 26 heavy (non-hydrogen) atoms. The second-order valence-corrected chi connectivity index (χ2v) is 8.51. The third-order valence-corrected chi connectivity index (χ3v) is 6.07. The van der Waals surface area contributed by atoms with Gasteiger partial charge in [-0.1, -0.05) is 6.07 Å². The van der Waals surface area contributed by atoms with Gasteiger partial charge in [-0.2, -0.15) is 0 Å². The Bertz CT molecular complexity index is 794. The average molecular weight is 387 g/mol. The molecule has 1 aromatic rings. The highest BCUT2D eigenvalue weighted by Gasteiger charge is 2.34. The summed E-state index contributed by atoms with van der Waals surface area (Å²) in [5, 5.41) is 0. The maximum atomic E-state index is 13.6. The number of hydrogen-bond acceptors (Lipinski definition) is 6. The van der Waals surface area contributed by atoms with Gasteiger partial charge in [0.05, 0.1) is 25.0 Å². The molecule has 1 saturated heterocycles. The molecule has 1 aliphatic rings. The summed E-state index contributed by atoms with van der Waals surface area (Å²) in [7, 11) is -0.285. The molecular weight excluding hydrogens is 365 g/mol. The van der Waals surface area contributed by atoms with E-state index >= 15 is 0 Å². The van der Waals surface area contributed by atoms with E-state index in [4.69, 9.17) is 9.47 Å². The number of rotatable bonds is 6. The van der Waals surface area contributed by atoms with Gasteiger partial charge < -0.3 is 14.4 Å². The maximum Gasteiger partial charge on any atom is 0.311 e. The molecule has 2 atom stereocenters. The van der Waals surface area contributed by atoms with Gasteiger partial charge in [0.1, 0.15) is 0 Å². The Hall–Kier alpha value is -2.16. The van der Waals surface area contributed by atoms with Crippen molar-refractivity contribution in [3.05, 3.63) is 29.6 Å². The zero-order chi connectivity index (χ0) is 19.5. The minimum atomic E-state index is -3.12. The molecule has 7 nitrogen and oxygen atoms in total. The molecule has 0 aromatic heterocycles. The number of carbonyl (C=O) groups is 2. The van der Waals surface area contributed by atoms with Crippen LogP contribution in [-0.4, -0.2) is 63.0 Å². The topological polar surface area (TPSA) is 90.0 Å². The van der Waals surface area contributed by atoms with Gasteiger partial charge in [-0.3, -0.25) is 9.59 Å². The van der Waals surface area contributed by atoms with Crippen LogP contribution in [0, 0.1) is 5.82 Å². The number of amides is 1. The Kier molecular flexibility index (Phi) is 6.22. The third kappa shape index (κ3) is 4.94. The van der Waals surface area contributed by atoms with E-state index in [-0.39, 0.29) is 23.7 Å². The van der Waals surface area contributed by atoms with E-state index in [9.17, 15) is 22.4 Å². The quantitative estimate of drug-likeness (QED) is 0.676. The summed E-state index contributed by atoms with van der Waals surface area (Å²) in [5.41, 5.74) is 0.392. The number of halogens is 1. The molecule has 0 saturated carbocycles. The maximum absolute atomic E-state index is 13.6. The van der Waals surface area contributed by atoms with Crippen molar-refractivity contribution in [1.29, 1.82) is 0 Å². The number of ether oxygens (including phenoxy) is 2. The summed E-state index contributed by atoms with van der Waals surface area (Å²) < 4.78 is 46.6. The molecule has 9 heteroatoms. The van der Waals surface area contributed by atoms with Gasteiger partial charge in [-0.25, -0.2) is 12.8 Å². The standard InChI is InChI=1S/C17H22FNO6S/c1-11(17(21)19(2)13-6-7-26(22,23)10-13)25-16(20)9-12-4-5-15(24-3)14(18)8-12/h4-5,8,11,13H,6-7,9-10H2,1-3H3/t11-,13-/m0/s1. The largest absolute Gasteiger partial charge is 0.494 e. The molecule has 0 aliphatic carbocycles. The van der Waals surface area contributed by atoms with Crippen LogP contribution in [0.2, 0.25) is 0 Å². The first kappa shape index (κ1) is 20.2. The van der Waals surface area contributed by atoms with E-state index in [1.54, 1.807) is 0 Å². The van der Waals surface area contributed by atoms with E-state index in [1.165, 1.54) is 44.2 Å². The lowest BCUT2D eigenvalue weighted by Gasteiger charge is -2.26. The summed E-state index contributed by atoms with van der Waals surface area (Å²) >= 11 is 0. The second-order valence-electron chi connectivity index (χ2n) is 6.28. The number of likely N-dealkylation sites (N-methyl/N-ethyl adjacent to an activating group) is 1. The summed E-state index contributed by atoms with van der Waals surface area (Å²) in [6.07, 6.45) is -0.880. The van der Waals surface area contributed by atoms with Gasteiger partial charge >= 0.3 is 5.97 Å². The van der Waals surface area contributed by atoms with Crippen LogP contribution in [0.25, 0.3) is 0 Å². The van der Waals surface area contributed by atoms with Crippen molar-refractivity contribution in [3.63, 3.8) is 0 Å². The Morgan fingerprint density at radius 2 is 2.08 bits per heavy atom. The molecule has 1 aromatic carbocycles. The number of sulfone groups is 1. The fourth-order valence-corrected chi connectivity index (χ4v) is 4.60. The van der Waals surface area contributed by atoms with Crippen LogP contribution in [-0.2, 0) is 30.6 Å². The van der Waals surface area contributed by atoms with Crippen molar-refractivity contribution in [3.8, 4) is 5.75 Å². The average Bonchev–Trinajstić information content (AvgIpc) is 2.93. The molecule has 1 aliphatic heterocycles. The molecule has 144 valence electrons. The molecule has 0 radical (unpaired) electrons. The Morgan fingerprint density at radius 1 is 1.38 bits per heavy atom. The molecule has 0 N–H and O–H groups in total. The molecule has 0 spiro atoms. The first-order valence-electron chi connectivity index (χ1n) is 8.12. The molecule has 1 amide bonds. The van der Waals surface area contributed by atoms with E-state index in [0.717, 1.165) is 0 Å². The highest BCUT2D eigenvalue weighted by Crippen LogP contribution is 2.19. The van der Waals surface area contributed by atoms with Crippen molar-refractivity contribution < 1.29 is 31.9 Å². The van der Waals surface area contributed by atoms with Crippen molar-refractivity contribution in [2.45, 2.75) is 31.9 Å². The number of nitrogens with zero attached hydrogens (tertiary/aromatic N) is 1. The van der Waals surface area contributed by atoms with Crippen LogP contribution < -0.4 is 4.74 Å². The van der Waals surface area contributed by atoms with Crippen LogP contribution in [0.15, 0.2) is 18.2 Å². The van der Waals surface area contributed by atoms with Gasteiger partial charge in [-0.15, -0.1) is 0 Å². The van der Waals surface area contributed by atoms with E-state index < -0.39 is 39.7 Å². The fraction of sp³-hybridized carbons (Fsp3) is 0.529. The molecule has 1 heterocycles. The van der Waals surface area contributed by atoms with Gasteiger partial charge in [0.15, 0.2) is 27.5 Å². The number of hydrogen-bond donors (Lipinski definition) is 0. The zero-order valence-corrected chi connectivity index (χ0v) is 15.7. The minimum Gasteiger partial charge on any atom is -0.494 e. The molecule has 0 bridgehead atoms. The van der Waals surface area contributed by atoms with Crippen LogP contribution in [0.5, 0.6) is 5.75 Å². The van der Waals surface area contributed by atoms with E-state index in [1.807, 2.05) is 0 Å². The lowest BCUT2D eigenvalue weighted by atomic mass is 10.1. The monoisotopic (exact) mass is 387 g/mol. The van der Waals surface area contributed by atoms with Gasteiger partial charge in [0, 0.05) is 13.1 Å². The first-order valence-corrected chi connectivity index (χ1v) is 9.94. The van der Waals surface area contributed by atoms with Crippen LogP contribution in [0.1, 0.15) is 18.9 Å². The Morgan fingerprint density at radius 3 is 2.62 bits per heavy atom. The van der Waals surface area contributed by atoms with E-state index in [0.29, 0.717) is 12.0 Å². The van der Waals surface area contributed by atoms with Gasteiger partial charge in [0.25, 0.3) is 5.91 Å².